The predicted octanol–water partition coefficient (Wildman–Crippen LogP) is 1.43. The van der Waals surface area contributed by atoms with Crippen molar-refractivity contribution < 1.29 is 9.90 Å². The molecule has 1 fully saturated rings. The Morgan fingerprint density at radius 3 is 2.55 bits per heavy atom. The van der Waals surface area contributed by atoms with Crippen LogP contribution >= 0.6 is 0 Å². The van der Waals surface area contributed by atoms with Crippen molar-refractivity contribution in [1.29, 1.82) is 0 Å². The van der Waals surface area contributed by atoms with E-state index in [9.17, 15) is 9.90 Å². The van der Waals surface area contributed by atoms with Crippen molar-refractivity contribution in [1.82, 2.24) is 20.5 Å². The molecule has 6 nitrogen and oxygen atoms in total. The molecule has 0 saturated heterocycles. The molecule has 6 heteroatoms. The molecule has 0 aliphatic heterocycles. The van der Waals surface area contributed by atoms with Crippen LogP contribution in [0, 0.1) is 5.41 Å². The van der Waals surface area contributed by atoms with Crippen LogP contribution in [0.2, 0.25) is 0 Å². The van der Waals surface area contributed by atoms with Crippen molar-refractivity contribution in [3.05, 3.63) is 11.6 Å². The van der Waals surface area contributed by atoms with Crippen LogP contribution in [0.25, 0.3) is 0 Å². The van der Waals surface area contributed by atoms with E-state index in [1.807, 2.05) is 6.92 Å². The fraction of sp³-hybridized carbons (Fsp3) is 0.786. The van der Waals surface area contributed by atoms with Gasteiger partial charge in [0.25, 0.3) is 5.91 Å². The van der Waals surface area contributed by atoms with E-state index in [1.165, 1.54) is 0 Å². The topological polar surface area (TPSA) is 90.9 Å². The average Bonchev–Trinajstić information content (AvgIpc) is 2.89. The Kier molecular flexibility index (Phi) is 4.13. The number of rotatable bonds is 4. The molecule has 1 aliphatic carbocycles. The Bertz CT molecular complexity index is 471. The maximum atomic E-state index is 11.9. The van der Waals surface area contributed by atoms with Gasteiger partial charge in [0.1, 0.15) is 5.82 Å². The van der Waals surface area contributed by atoms with Gasteiger partial charge in [-0.15, -0.1) is 5.10 Å². The lowest BCUT2D eigenvalue weighted by Crippen LogP contribution is -2.46. The van der Waals surface area contributed by atoms with Crippen molar-refractivity contribution in [3.63, 3.8) is 0 Å². The van der Waals surface area contributed by atoms with Gasteiger partial charge in [-0.25, -0.2) is 4.98 Å². The van der Waals surface area contributed by atoms with E-state index in [0.29, 0.717) is 25.1 Å². The molecule has 0 aromatic carbocycles. The lowest BCUT2D eigenvalue weighted by molar-refractivity contribution is -0.0233. The summed E-state index contributed by atoms with van der Waals surface area (Å²) in [6.07, 6.45) is 4.09. The van der Waals surface area contributed by atoms with Crippen molar-refractivity contribution in [2.24, 2.45) is 5.41 Å². The number of nitrogens with one attached hydrogen (secondary N) is 2. The summed E-state index contributed by atoms with van der Waals surface area (Å²) < 4.78 is 0. The number of aryl methyl sites for hydroxylation is 1. The van der Waals surface area contributed by atoms with Gasteiger partial charge < -0.3 is 10.4 Å². The highest BCUT2D eigenvalue weighted by Crippen LogP contribution is 2.39. The SMILES string of the molecule is CCc1nc(C(=O)NCC2(O)CCC(C)(C)CC2)n[nH]1. The third-order valence-electron chi connectivity index (χ3n) is 4.18. The van der Waals surface area contributed by atoms with E-state index in [4.69, 9.17) is 0 Å². The van der Waals surface area contributed by atoms with E-state index < -0.39 is 5.60 Å². The summed E-state index contributed by atoms with van der Waals surface area (Å²) in [7, 11) is 0. The Labute approximate surface area is 119 Å². The Hall–Kier alpha value is -1.43. The van der Waals surface area contributed by atoms with Gasteiger partial charge in [0.15, 0.2) is 0 Å². The Morgan fingerprint density at radius 2 is 2.00 bits per heavy atom. The fourth-order valence-corrected chi connectivity index (χ4v) is 2.45. The maximum Gasteiger partial charge on any atom is 0.291 e. The van der Waals surface area contributed by atoms with Crippen LogP contribution in [0.15, 0.2) is 0 Å². The standard InChI is InChI=1S/C14H24N4O2/c1-4-10-16-11(18-17-10)12(19)15-9-14(20)7-5-13(2,3)6-8-14/h20H,4-9H2,1-3H3,(H,15,19)(H,16,17,18). The van der Waals surface area contributed by atoms with Gasteiger partial charge in [-0.1, -0.05) is 20.8 Å². The lowest BCUT2D eigenvalue weighted by Gasteiger charge is -2.40. The molecule has 1 saturated carbocycles. The summed E-state index contributed by atoms with van der Waals surface area (Å²) in [5.41, 5.74) is -0.509. The molecule has 0 radical (unpaired) electrons. The molecular formula is C14H24N4O2. The number of H-pyrrole nitrogens is 1. The van der Waals surface area contributed by atoms with Crippen LogP contribution in [0.4, 0.5) is 0 Å². The van der Waals surface area contributed by atoms with Gasteiger partial charge in [0.05, 0.1) is 5.60 Å². The first-order chi connectivity index (χ1) is 9.34. The molecule has 0 bridgehead atoms. The number of aliphatic hydroxyl groups is 1. The van der Waals surface area contributed by atoms with Crippen LogP contribution in [0.3, 0.4) is 0 Å². The monoisotopic (exact) mass is 280 g/mol. The molecule has 2 rings (SSSR count). The van der Waals surface area contributed by atoms with Gasteiger partial charge >= 0.3 is 0 Å². The van der Waals surface area contributed by atoms with Crippen LogP contribution in [-0.4, -0.2) is 38.3 Å². The number of hydrogen-bond acceptors (Lipinski definition) is 4. The zero-order chi connectivity index (χ0) is 14.8. The zero-order valence-electron chi connectivity index (χ0n) is 12.5. The molecule has 0 atom stereocenters. The minimum absolute atomic E-state index is 0.140. The number of aromatic nitrogens is 3. The third-order valence-corrected chi connectivity index (χ3v) is 4.18. The highest BCUT2D eigenvalue weighted by Gasteiger charge is 2.36. The minimum atomic E-state index is -0.797. The molecule has 1 aromatic heterocycles. The maximum absolute atomic E-state index is 11.9. The number of amides is 1. The van der Waals surface area contributed by atoms with Crippen LogP contribution in [-0.2, 0) is 6.42 Å². The number of hydrogen-bond donors (Lipinski definition) is 3. The molecule has 1 amide bonds. The average molecular weight is 280 g/mol. The summed E-state index contributed by atoms with van der Waals surface area (Å²) in [4.78, 5) is 16.0. The second-order valence-electron chi connectivity index (χ2n) is 6.53. The minimum Gasteiger partial charge on any atom is -0.388 e. The van der Waals surface area contributed by atoms with Crippen LogP contribution in [0.1, 0.15) is 62.9 Å². The van der Waals surface area contributed by atoms with Gasteiger partial charge in [-0.3, -0.25) is 9.89 Å². The van der Waals surface area contributed by atoms with Crippen molar-refractivity contribution in [2.75, 3.05) is 6.54 Å². The van der Waals surface area contributed by atoms with E-state index in [-0.39, 0.29) is 23.7 Å². The van der Waals surface area contributed by atoms with E-state index in [2.05, 4.69) is 34.3 Å². The number of carbonyl (C=O) groups excluding carboxylic acids is 1. The Balaban J connectivity index is 1.87. The summed E-state index contributed by atoms with van der Waals surface area (Å²) in [5, 5.41) is 19.8. The molecule has 1 aliphatic rings. The quantitative estimate of drug-likeness (QED) is 0.778. The number of aromatic amines is 1. The summed E-state index contributed by atoms with van der Waals surface area (Å²) in [6.45, 7) is 6.63. The third kappa shape index (κ3) is 3.56. The number of nitrogens with zero attached hydrogens (tertiary/aromatic N) is 2. The first-order valence-electron chi connectivity index (χ1n) is 7.25. The van der Waals surface area contributed by atoms with E-state index >= 15 is 0 Å². The molecule has 20 heavy (non-hydrogen) atoms. The number of carbonyl (C=O) groups is 1. The first kappa shape index (κ1) is 15.0. The molecular weight excluding hydrogens is 256 g/mol. The fourth-order valence-electron chi connectivity index (χ4n) is 2.45. The van der Waals surface area contributed by atoms with E-state index in [1.54, 1.807) is 0 Å². The van der Waals surface area contributed by atoms with Gasteiger partial charge in [0, 0.05) is 13.0 Å². The lowest BCUT2D eigenvalue weighted by atomic mass is 9.71. The van der Waals surface area contributed by atoms with Crippen molar-refractivity contribution >= 4 is 5.91 Å². The van der Waals surface area contributed by atoms with E-state index in [0.717, 1.165) is 12.8 Å². The zero-order valence-corrected chi connectivity index (χ0v) is 12.5. The second-order valence-corrected chi connectivity index (χ2v) is 6.53. The van der Waals surface area contributed by atoms with Crippen molar-refractivity contribution in [3.8, 4) is 0 Å². The first-order valence-corrected chi connectivity index (χ1v) is 7.25. The molecule has 112 valence electrons. The summed E-state index contributed by atoms with van der Waals surface area (Å²) >= 11 is 0. The van der Waals surface area contributed by atoms with Crippen LogP contribution in [0.5, 0.6) is 0 Å². The van der Waals surface area contributed by atoms with Crippen LogP contribution < -0.4 is 5.32 Å². The van der Waals surface area contributed by atoms with Gasteiger partial charge in [-0.05, 0) is 31.1 Å². The smallest absolute Gasteiger partial charge is 0.291 e. The normalized spacial score (nSPS) is 20.6. The Morgan fingerprint density at radius 1 is 1.35 bits per heavy atom. The summed E-state index contributed by atoms with van der Waals surface area (Å²) in [5.74, 6) is 0.495. The highest BCUT2D eigenvalue weighted by atomic mass is 16.3. The molecule has 3 N–H and O–H groups in total. The van der Waals surface area contributed by atoms with Gasteiger partial charge in [0.2, 0.25) is 5.82 Å². The predicted molar refractivity (Wildman–Crippen MR) is 75.3 cm³/mol. The molecule has 1 aromatic rings. The molecule has 0 unspecified atom stereocenters. The second kappa shape index (κ2) is 5.52. The summed E-state index contributed by atoms with van der Waals surface area (Å²) in [6, 6.07) is 0. The van der Waals surface area contributed by atoms with Crippen molar-refractivity contribution in [2.45, 2.75) is 58.5 Å². The molecule has 1 heterocycles. The molecule has 0 spiro atoms. The van der Waals surface area contributed by atoms with Gasteiger partial charge in [-0.2, -0.15) is 0 Å². The highest BCUT2D eigenvalue weighted by molar-refractivity contribution is 5.90. The largest absolute Gasteiger partial charge is 0.388 e.